The molecule has 0 spiro atoms. The highest BCUT2D eigenvalue weighted by Crippen LogP contribution is 2.14. The molecule has 2 aromatic heterocycles. The van der Waals surface area contributed by atoms with E-state index in [2.05, 4.69) is 15.3 Å². The van der Waals surface area contributed by atoms with E-state index in [0.29, 0.717) is 6.54 Å². The fourth-order valence-electron chi connectivity index (χ4n) is 1.44. The third kappa shape index (κ3) is 2.04. The molecule has 0 amide bonds. The molecule has 0 aliphatic heterocycles. The lowest BCUT2D eigenvalue weighted by atomic mass is 10.3. The first-order chi connectivity index (χ1) is 7.31. The number of hydrogen-bond donors (Lipinski definition) is 1. The molecule has 0 aliphatic rings. The van der Waals surface area contributed by atoms with Crippen LogP contribution in [-0.2, 0) is 13.6 Å². The van der Waals surface area contributed by atoms with Gasteiger partial charge in [0.1, 0.15) is 6.33 Å². The highest BCUT2D eigenvalue weighted by molar-refractivity contribution is 5.51. The summed E-state index contributed by atoms with van der Waals surface area (Å²) in [7, 11) is 1.88. The molecule has 0 aliphatic carbocycles. The van der Waals surface area contributed by atoms with Crippen molar-refractivity contribution in [2.45, 2.75) is 13.0 Å². The second-order valence-electron chi connectivity index (χ2n) is 3.39. The van der Waals surface area contributed by atoms with Crippen LogP contribution in [0.3, 0.4) is 0 Å². The van der Waals surface area contributed by atoms with E-state index in [1.54, 1.807) is 17.2 Å². The summed E-state index contributed by atoms with van der Waals surface area (Å²) in [4.78, 5) is 0. The van der Waals surface area contributed by atoms with Gasteiger partial charge in [0, 0.05) is 19.8 Å². The molecule has 0 saturated carbocycles. The largest absolute Gasteiger partial charge is 0.330 e. The van der Waals surface area contributed by atoms with Crippen molar-refractivity contribution >= 4 is 0 Å². The summed E-state index contributed by atoms with van der Waals surface area (Å²) in [6, 6.07) is 0. The predicted molar refractivity (Wildman–Crippen MR) is 55.9 cm³/mol. The molecular weight excluding hydrogens is 192 g/mol. The molecule has 6 heteroatoms. The van der Waals surface area contributed by atoms with Gasteiger partial charge in [-0.2, -0.15) is 5.10 Å². The number of rotatable bonds is 4. The highest BCUT2D eigenvalue weighted by Gasteiger charge is 2.08. The minimum atomic E-state index is 0.671. The van der Waals surface area contributed by atoms with Crippen molar-refractivity contribution in [2.75, 3.05) is 6.54 Å². The molecule has 0 saturated heterocycles. The van der Waals surface area contributed by atoms with Crippen LogP contribution >= 0.6 is 0 Å². The first-order valence-electron chi connectivity index (χ1n) is 4.88. The molecule has 2 N–H and O–H groups in total. The normalized spacial score (nSPS) is 10.8. The van der Waals surface area contributed by atoms with E-state index in [-0.39, 0.29) is 0 Å². The lowest BCUT2D eigenvalue weighted by molar-refractivity contribution is 0.654. The van der Waals surface area contributed by atoms with E-state index in [0.717, 1.165) is 24.4 Å². The Balaban J connectivity index is 2.24. The molecule has 80 valence electrons. The fraction of sp³-hybridized carbons (Fsp3) is 0.444. The van der Waals surface area contributed by atoms with Gasteiger partial charge in [-0.1, -0.05) is 0 Å². The molecule has 2 heterocycles. The van der Waals surface area contributed by atoms with Crippen LogP contribution in [0.2, 0.25) is 0 Å². The van der Waals surface area contributed by atoms with E-state index in [1.165, 1.54) is 0 Å². The molecule has 0 aromatic carbocycles. The van der Waals surface area contributed by atoms with Gasteiger partial charge in [-0.15, -0.1) is 10.2 Å². The molecule has 0 bridgehead atoms. The molecular formula is C9H14N6. The van der Waals surface area contributed by atoms with Crippen LogP contribution < -0.4 is 5.73 Å². The second kappa shape index (κ2) is 4.22. The Labute approximate surface area is 87.7 Å². The SMILES string of the molecule is Cn1cc(-c2nncn2CCCN)cn1. The number of hydrogen-bond acceptors (Lipinski definition) is 4. The van der Waals surface area contributed by atoms with Crippen molar-refractivity contribution in [3.8, 4) is 11.4 Å². The molecule has 0 atom stereocenters. The van der Waals surface area contributed by atoms with Crippen molar-refractivity contribution in [2.24, 2.45) is 12.8 Å². The van der Waals surface area contributed by atoms with E-state index in [1.807, 2.05) is 17.8 Å². The minimum absolute atomic E-state index is 0.671. The summed E-state index contributed by atoms with van der Waals surface area (Å²) in [5.41, 5.74) is 6.45. The maximum Gasteiger partial charge on any atom is 0.166 e. The van der Waals surface area contributed by atoms with Crippen molar-refractivity contribution < 1.29 is 0 Å². The zero-order chi connectivity index (χ0) is 10.7. The quantitative estimate of drug-likeness (QED) is 0.765. The minimum Gasteiger partial charge on any atom is -0.330 e. The summed E-state index contributed by atoms with van der Waals surface area (Å²) in [5.74, 6) is 0.844. The van der Waals surface area contributed by atoms with Gasteiger partial charge in [0.2, 0.25) is 0 Å². The Morgan fingerprint density at radius 1 is 1.47 bits per heavy atom. The van der Waals surface area contributed by atoms with Crippen molar-refractivity contribution in [3.63, 3.8) is 0 Å². The molecule has 0 fully saturated rings. The van der Waals surface area contributed by atoms with E-state index >= 15 is 0 Å². The first-order valence-corrected chi connectivity index (χ1v) is 4.88. The van der Waals surface area contributed by atoms with E-state index in [4.69, 9.17) is 5.73 Å². The van der Waals surface area contributed by atoms with Crippen LogP contribution in [0, 0.1) is 0 Å². The van der Waals surface area contributed by atoms with E-state index in [9.17, 15) is 0 Å². The van der Waals surface area contributed by atoms with Crippen molar-refractivity contribution in [1.29, 1.82) is 0 Å². The summed E-state index contributed by atoms with van der Waals surface area (Å²) in [6.07, 6.45) is 6.34. The van der Waals surface area contributed by atoms with Crippen LogP contribution in [0.15, 0.2) is 18.7 Å². The third-order valence-electron chi connectivity index (χ3n) is 2.18. The molecule has 2 aromatic rings. The highest BCUT2D eigenvalue weighted by atomic mass is 15.3. The smallest absolute Gasteiger partial charge is 0.166 e. The molecule has 0 unspecified atom stereocenters. The predicted octanol–water partition coefficient (Wildman–Crippen LogP) is 0.0274. The molecule has 2 rings (SSSR count). The number of nitrogens with two attached hydrogens (primary N) is 1. The monoisotopic (exact) mass is 206 g/mol. The average molecular weight is 206 g/mol. The van der Waals surface area contributed by atoms with Gasteiger partial charge in [0.25, 0.3) is 0 Å². The van der Waals surface area contributed by atoms with Gasteiger partial charge >= 0.3 is 0 Å². The lowest BCUT2D eigenvalue weighted by Gasteiger charge is -2.02. The summed E-state index contributed by atoms with van der Waals surface area (Å²) >= 11 is 0. The zero-order valence-corrected chi connectivity index (χ0v) is 8.67. The van der Waals surface area contributed by atoms with Crippen LogP contribution in [0.5, 0.6) is 0 Å². The zero-order valence-electron chi connectivity index (χ0n) is 8.67. The van der Waals surface area contributed by atoms with Gasteiger partial charge < -0.3 is 10.3 Å². The van der Waals surface area contributed by atoms with Gasteiger partial charge in [0.15, 0.2) is 5.82 Å². The summed E-state index contributed by atoms with van der Waals surface area (Å²) in [6.45, 7) is 1.51. The Kier molecular flexibility index (Phi) is 2.77. The van der Waals surface area contributed by atoms with Crippen LogP contribution in [0.1, 0.15) is 6.42 Å². The van der Waals surface area contributed by atoms with E-state index < -0.39 is 0 Å². The first kappa shape index (κ1) is 9.85. The standard InChI is InChI=1S/C9H14N6/c1-14-6-8(5-12-14)9-13-11-7-15(9)4-2-3-10/h5-7H,2-4,10H2,1H3. The Morgan fingerprint density at radius 2 is 2.33 bits per heavy atom. The van der Waals surface area contributed by atoms with Crippen molar-refractivity contribution in [3.05, 3.63) is 18.7 Å². The molecule has 15 heavy (non-hydrogen) atoms. The Morgan fingerprint density at radius 3 is 3.00 bits per heavy atom. The Bertz CT molecular complexity index is 429. The second-order valence-corrected chi connectivity index (χ2v) is 3.39. The maximum absolute atomic E-state index is 5.47. The summed E-state index contributed by atoms with van der Waals surface area (Å²) in [5, 5.41) is 12.1. The number of nitrogens with zero attached hydrogens (tertiary/aromatic N) is 5. The average Bonchev–Trinajstić information content (AvgIpc) is 2.82. The number of aryl methyl sites for hydroxylation is 2. The third-order valence-corrected chi connectivity index (χ3v) is 2.18. The molecule has 0 radical (unpaired) electrons. The lowest BCUT2D eigenvalue weighted by Crippen LogP contribution is -2.06. The van der Waals surface area contributed by atoms with Gasteiger partial charge in [-0.05, 0) is 13.0 Å². The van der Waals surface area contributed by atoms with Crippen LogP contribution in [0.4, 0.5) is 0 Å². The van der Waals surface area contributed by atoms with Crippen LogP contribution in [-0.4, -0.2) is 31.1 Å². The molecule has 6 nitrogen and oxygen atoms in total. The van der Waals surface area contributed by atoms with Gasteiger partial charge in [-0.25, -0.2) is 0 Å². The van der Waals surface area contributed by atoms with Gasteiger partial charge in [0.05, 0.1) is 11.8 Å². The number of aromatic nitrogens is 5. The van der Waals surface area contributed by atoms with Crippen LogP contribution in [0.25, 0.3) is 11.4 Å². The van der Waals surface area contributed by atoms with Crippen molar-refractivity contribution in [1.82, 2.24) is 24.5 Å². The summed E-state index contributed by atoms with van der Waals surface area (Å²) < 4.78 is 3.74. The fourth-order valence-corrected chi connectivity index (χ4v) is 1.44. The van der Waals surface area contributed by atoms with Gasteiger partial charge in [-0.3, -0.25) is 4.68 Å². The maximum atomic E-state index is 5.47. The Hall–Kier alpha value is -1.69. The topological polar surface area (TPSA) is 74.5 Å².